The Balaban J connectivity index is 1.53. The summed E-state index contributed by atoms with van der Waals surface area (Å²) in [7, 11) is 1.74. The second-order valence-corrected chi connectivity index (χ2v) is 7.08. The minimum Gasteiger partial charge on any atom is -0.385 e. The van der Waals surface area contributed by atoms with E-state index in [9.17, 15) is 4.79 Å². The van der Waals surface area contributed by atoms with Gasteiger partial charge in [-0.05, 0) is 50.6 Å². The van der Waals surface area contributed by atoms with Crippen LogP contribution in [-0.2, 0) is 4.74 Å². The lowest BCUT2D eigenvalue weighted by Crippen LogP contribution is -2.48. The normalized spacial score (nSPS) is 15.1. The van der Waals surface area contributed by atoms with Crippen molar-refractivity contribution in [3.05, 3.63) is 53.7 Å². The summed E-state index contributed by atoms with van der Waals surface area (Å²) in [6.45, 7) is 7.39. The van der Waals surface area contributed by atoms with Gasteiger partial charge >= 0.3 is 0 Å². The van der Waals surface area contributed by atoms with Crippen molar-refractivity contribution in [1.29, 1.82) is 0 Å². The Hall–Kier alpha value is -2.24. The number of pyridine rings is 1. The van der Waals surface area contributed by atoms with Gasteiger partial charge in [-0.15, -0.1) is 0 Å². The van der Waals surface area contributed by atoms with Crippen molar-refractivity contribution < 1.29 is 9.53 Å². The summed E-state index contributed by atoms with van der Waals surface area (Å²) < 4.78 is 5.10. The number of nitrogens with zero attached hydrogens (tertiary/aromatic N) is 3. The Morgan fingerprint density at radius 3 is 2.44 bits per heavy atom. The van der Waals surface area contributed by atoms with Crippen LogP contribution < -0.4 is 0 Å². The maximum atomic E-state index is 12.8. The monoisotopic (exact) mass is 367 g/mol. The highest BCUT2D eigenvalue weighted by molar-refractivity contribution is 5.94. The maximum Gasteiger partial charge on any atom is 0.253 e. The van der Waals surface area contributed by atoms with Crippen LogP contribution in [0, 0.1) is 6.92 Å². The van der Waals surface area contributed by atoms with Crippen LogP contribution >= 0.6 is 0 Å². The first-order chi connectivity index (χ1) is 13.2. The molecule has 0 radical (unpaired) electrons. The standard InChI is InChI=1S/C22H29N3O2/c1-18-6-5-7-21(23-18)19-8-10-20(11-9-19)22(26)25-15-13-24(14-16-25)12-3-4-17-27-2/h5-11H,3-4,12-17H2,1-2H3. The van der Waals surface area contributed by atoms with E-state index in [4.69, 9.17) is 4.74 Å². The van der Waals surface area contributed by atoms with Gasteiger partial charge in [-0.25, -0.2) is 0 Å². The average Bonchev–Trinajstić information content (AvgIpc) is 2.71. The van der Waals surface area contributed by atoms with Gasteiger partial charge in [-0.3, -0.25) is 14.7 Å². The summed E-state index contributed by atoms with van der Waals surface area (Å²) >= 11 is 0. The van der Waals surface area contributed by atoms with E-state index in [-0.39, 0.29) is 5.91 Å². The minimum absolute atomic E-state index is 0.123. The third-order valence-electron chi connectivity index (χ3n) is 5.05. The first kappa shape index (κ1) is 19.5. The molecule has 1 aliphatic heterocycles. The molecule has 0 unspecified atom stereocenters. The molecule has 1 aliphatic rings. The molecule has 5 heteroatoms. The maximum absolute atomic E-state index is 12.8. The van der Waals surface area contributed by atoms with Crippen molar-refractivity contribution in [2.45, 2.75) is 19.8 Å². The Labute approximate surface area is 162 Å². The molecular formula is C22H29N3O2. The number of hydrogen-bond acceptors (Lipinski definition) is 4. The lowest BCUT2D eigenvalue weighted by Gasteiger charge is -2.34. The molecule has 1 aromatic carbocycles. The third kappa shape index (κ3) is 5.37. The summed E-state index contributed by atoms with van der Waals surface area (Å²) in [5.74, 6) is 0.123. The first-order valence-corrected chi connectivity index (χ1v) is 9.72. The summed E-state index contributed by atoms with van der Waals surface area (Å²) in [5, 5.41) is 0. The molecule has 1 saturated heterocycles. The zero-order valence-corrected chi connectivity index (χ0v) is 16.4. The number of carbonyl (C=O) groups excluding carboxylic acids is 1. The molecule has 2 heterocycles. The molecule has 27 heavy (non-hydrogen) atoms. The van der Waals surface area contributed by atoms with E-state index in [1.165, 1.54) is 0 Å². The fraction of sp³-hybridized carbons (Fsp3) is 0.455. The van der Waals surface area contributed by atoms with Gasteiger partial charge in [0.1, 0.15) is 0 Å². The lowest BCUT2D eigenvalue weighted by atomic mass is 10.1. The predicted molar refractivity (Wildman–Crippen MR) is 108 cm³/mol. The van der Waals surface area contributed by atoms with Gasteiger partial charge in [0.2, 0.25) is 0 Å². The Bertz CT molecular complexity index is 737. The Morgan fingerprint density at radius 2 is 1.78 bits per heavy atom. The number of carbonyl (C=O) groups is 1. The number of piperazine rings is 1. The molecule has 1 fully saturated rings. The lowest BCUT2D eigenvalue weighted by molar-refractivity contribution is 0.0632. The smallest absolute Gasteiger partial charge is 0.253 e. The number of unbranched alkanes of at least 4 members (excludes halogenated alkanes) is 1. The molecular weight excluding hydrogens is 338 g/mol. The van der Waals surface area contributed by atoms with E-state index in [2.05, 4.69) is 9.88 Å². The van der Waals surface area contributed by atoms with Gasteiger partial charge in [-0.2, -0.15) is 0 Å². The number of aryl methyl sites for hydroxylation is 1. The Morgan fingerprint density at radius 1 is 1.04 bits per heavy atom. The predicted octanol–water partition coefficient (Wildman–Crippen LogP) is 3.24. The van der Waals surface area contributed by atoms with Crippen molar-refractivity contribution in [1.82, 2.24) is 14.8 Å². The van der Waals surface area contributed by atoms with E-state index >= 15 is 0 Å². The summed E-state index contributed by atoms with van der Waals surface area (Å²) in [6, 6.07) is 13.8. The van der Waals surface area contributed by atoms with Gasteiger partial charge < -0.3 is 9.64 Å². The molecule has 0 spiro atoms. The molecule has 2 aromatic rings. The summed E-state index contributed by atoms with van der Waals surface area (Å²) in [4.78, 5) is 21.7. The van der Waals surface area contributed by atoms with Crippen molar-refractivity contribution in [3.63, 3.8) is 0 Å². The van der Waals surface area contributed by atoms with Crippen molar-refractivity contribution in [2.24, 2.45) is 0 Å². The van der Waals surface area contributed by atoms with Crippen LogP contribution in [0.5, 0.6) is 0 Å². The minimum atomic E-state index is 0.123. The topological polar surface area (TPSA) is 45.7 Å². The second kappa shape index (κ2) is 9.62. The molecule has 144 valence electrons. The number of hydrogen-bond donors (Lipinski definition) is 0. The van der Waals surface area contributed by atoms with Crippen molar-refractivity contribution >= 4 is 5.91 Å². The molecule has 0 bridgehead atoms. The third-order valence-corrected chi connectivity index (χ3v) is 5.05. The highest BCUT2D eigenvalue weighted by atomic mass is 16.5. The largest absolute Gasteiger partial charge is 0.385 e. The van der Waals surface area contributed by atoms with E-state index < -0.39 is 0 Å². The summed E-state index contributed by atoms with van der Waals surface area (Å²) in [6.07, 6.45) is 2.24. The van der Waals surface area contributed by atoms with E-state index in [1.54, 1.807) is 7.11 Å². The molecule has 0 saturated carbocycles. The second-order valence-electron chi connectivity index (χ2n) is 7.08. The molecule has 0 N–H and O–H groups in total. The van der Waals surface area contributed by atoms with Crippen molar-refractivity contribution in [2.75, 3.05) is 46.4 Å². The van der Waals surface area contributed by atoms with Gasteiger partial charge in [0, 0.05) is 56.7 Å². The fourth-order valence-corrected chi connectivity index (χ4v) is 3.43. The van der Waals surface area contributed by atoms with Crippen LogP contribution in [0.3, 0.4) is 0 Å². The van der Waals surface area contributed by atoms with Gasteiger partial charge in [-0.1, -0.05) is 18.2 Å². The van der Waals surface area contributed by atoms with E-state index in [1.807, 2.05) is 54.3 Å². The molecule has 5 nitrogen and oxygen atoms in total. The number of methoxy groups -OCH3 is 1. The van der Waals surface area contributed by atoms with Gasteiger partial charge in [0.15, 0.2) is 0 Å². The Kier molecular flexibility index (Phi) is 6.96. The van der Waals surface area contributed by atoms with Gasteiger partial charge in [0.05, 0.1) is 5.69 Å². The van der Waals surface area contributed by atoms with Crippen LogP contribution in [0.4, 0.5) is 0 Å². The van der Waals surface area contributed by atoms with Crippen LogP contribution in [0.25, 0.3) is 11.3 Å². The SMILES string of the molecule is COCCCCN1CCN(C(=O)c2ccc(-c3cccc(C)n3)cc2)CC1. The molecule has 0 aliphatic carbocycles. The highest BCUT2D eigenvalue weighted by Gasteiger charge is 2.21. The van der Waals surface area contributed by atoms with Crippen LogP contribution in [0.1, 0.15) is 28.9 Å². The molecule has 1 amide bonds. The molecule has 3 rings (SSSR count). The average molecular weight is 367 g/mol. The van der Waals surface area contributed by atoms with Gasteiger partial charge in [0.25, 0.3) is 5.91 Å². The first-order valence-electron chi connectivity index (χ1n) is 9.72. The zero-order chi connectivity index (χ0) is 19.1. The highest BCUT2D eigenvalue weighted by Crippen LogP contribution is 2.19. The van der Waals surface area contributed by atoms with E-state index in [0.29, 0.717) is 0 Å². The van der Waals surface area contributed by atoms with Crippen LogP contribution in [-0.4, -0.2) is 67.1 Å². The number of rotatable bonds is 7. The number of benzene rings is 1. The van der Waals surface area contributed by atoms with Crippen LogP contribution in [0.2, 0.25) is 0 Å². The fourth-order valence-electron chi connectivity index (χ4n) is 3.43. The van der Waals surface area contributed by atoms with E-state index in [0.717, 1.165) is 74.7 Å². The molecule has 0 atom stereocenters. The van der Waals surface area contributed by atoms with Crippen LogP contribution in [0.15, 0.2) is 42.5 Å². The number of aromatic nitrogens is 1. The molecule has 1 aromatic heterocycles. The number of amides is 1. The zero-order valence-electron chi connectivity index (χ0n) is 16.4. The quantitative estimate of drug-likeness (QED) is 0.705. The number of ether oxygens (including phenoxy) is 1. The summed E-state index contributed by atoms with van der Waals surface area (Å²) in [5.41, 5.74) is 3.72. The van der Waals surface area contributed by atoms with Crippen molar-refractivity contribution in [3.8, 4) is 11.3 Å².